The van der Waals surface area contributed by atoms with Gasteiger partial charge < -0.3 is 9.64 Å². The number of rotatable bonds is 7. The Morgan fingerprint density at radius 1 is 1.00 bits per heavy atom. The van der Waals surface area contributed by atoms with Crippen LogP contribution in [0.4, 0.5) is 5.69 Å². The Balaban J connectivity index is 1.82. The number of ketones is 1. The molecule has 0 saturated carbocycles. The molecule has 1 saturated heterocycles. The van der Waals surface area contributed by atoms with Gasteiger partial charge in [-0.15, -0.1) is 0 Å². The average Bonchev–Trinajstić information content (AvgIpc) is 2.72. The average molecular weight is 395 g/mol. The number of ether oxygens (including phenoxy) is 1. The van der Waals surface area contributed by atoms with Crippen molar-refractivity contribution in [3.63, 3.8) is 0 Å². The lowest BCUT2D eigenvalue weighted by molar-refractivity contribution is 0.0666. The molecule has 1 aliphatic rings. The molecule has 1 atom stereocenters. The molecule has 29 heavy (non-hydrogen) atoms. The summed E-state index contributed by atoms with van der Waals surface area (Å²) in [5, 5.41) is 0. The summed E-state index contributed by atoms with van der Waals surface area (Å²) in [5.74, 6) is 0.191. The van der Waals surface area contributed by atoms with E-state index in [1.54, 1.807) is 0 Å². The summed E-state index contributed by atoms with van der Waals surface area (Å²) in [4.78, 5) is 18.1. The predicted octanol–water partition coefficient (Wildman–Crippen LogP) is 4.44. The molecule has 0 aromatic heterocycles. The second kappa shape index (κ2) is 10.0. The third-order valence-corrected chi connectivity index (χ3v) is 6.17. The summed E-state index contributed by atoms with van der Waals surface area (Å²) in [6.07, 6.45) is 3.71. The van der Waals surface area contributed by atoms with Gasteiger partial charge in [-0.3, -0.25) is 9.69 Å². The standard InChI is InChI=1S/C25H34N2O2/c1-4-25(26(2)3,20-21-10-6-5-7-11-21)24(28)22-12-14-23(15-13-22)27-16-8-9-18-29-19-17-27/h5-7,10-15H,4,8-9,16-20H2,1-3H3. The number of carbonyl (C=O) groups excluding carboxylic acids is 1. The van der Waals surface area contributed by atoms with Crippen molar-refractivity contribution in [3.05, 3.63) is 65.7 Å². The molecule has 2 aromatic carbocycles. The molecule has 156 valence electrons. The fourth-order valence-corrected chi connectivity index (χ4v) is 4.22. The lowest BCUT2D eigenvalue weighted by Crippen LogP contribution is -2.52. The van der Waals surface area contributed by atoms with E-state index in [2.05, 4.69) is 41.0 Å². The van der Waals surface area contributed by atoms with Gasteiger partial charge in [-0.1, -0.05) is 37.3 Å². The van der Waals surface area contributed by atoms with Gasteiger partial charge in [0.2, 0.25) is 0 Å². The molecular formula is C25H34N2O2. The molecule has 3 rings (SSSR count). The van der Waals surface area contributed by atoms with E-state index in [0.717, 1.165) is 51.1 Å². The van der Waals surface area contributed by atoms with Gasteiger partial charge in [0.05, 0.1) is 12.1 Å². The van der Waals surface area contributed by atoms with E-state index >= 15 is 0 Å². The first-order chi connectivity index (χ1) is 14.1. The molecule has 4 nitrogen and oxygen atoms in total. The number of hydrogen-bond acceptors (Lipinski definition) is 4. The number of benzene rings is 2. The minimum absolute atomic E-state index is 0.191. The third kappa shape index (κ3) is 5.06. The Labute approximate surface area is 175 Å². The molecule has 0 N–H and O–H groups in total. The minimum atomic E-state index is -0.544. The summed E-state index contributed by atoms with van der Waals surface area (Å²) >= 11 is 0. The number of hydrogen-bond donors (Lipinski definition) is 0. The minimum Gasteiger partial charge on any atom is -0.380 e. The molecule has 0 aliphatic carbocycles. The summed E-state index contributed by atoms with van der Waals surface area (Å²) in [6, 6.07) is 18.5. The van der Waals surface area contributed by atoms with Gasteiger partial charge in [0, 0.05) is 30.9 Å². The highest BCUT2D eigenvalue weighted by atomic mass is 16.5. The van der Waals surface area contributed by atoms with Crippen molar-refractivity contribution >= 4 is 11.5 Å². The molecular weight excluding hydrogens is 360 g/mol. The van der Waals surface area contributed by atoms with E-state index < -0.39 is 5.54 Å². The molecule has 0 radical (unpaired) electrons. The van der Waals surface area contributed by atoms with Crippen LogP contribution in [0.1, 0.15) is 42.1 Å². The van der Waals surface area contributed by atoms with Crippen LogP contribution in [0.5, 0.6) is 0 Å². The van der Waals surface area contributed by atoms with Crippen LogP contribution in [0, 0.1) is 0 Å². The Morgan fingerprint density at radius 2 is 1.72 bits per heavy atom. The first kappa shape index (κ1) is 21.5. The number of likely N-dealkylation sites (N-methyl/N-ethyl adjacent to an activating group) is 1. The molecule has 0 spiro atoms. The van der Waals surface area contributed by atoms with Gasteiger partial charge in [0.1, 0.15) is 0 Å². The summed E-state index contributed by atoms with van der Waals surface area (Å²) in [7, 11) is 4.03. The van der Waals surface area contributed by atoms with Crippen LogP contribution in [-0.2, 0) is 11.2 Å². The first-order valence-electron chi connectivity index (χ1n) is 10.8. The summed E-state index contributed by atoms with van der Waals surface area (Å²) in [6.45, 7) is 5.68. The fraction of sp³-hybridized carbons (Fsp3) is 0.480. The van der Waals surface area contributed by atoms with Crippen LogP contribution in [0.25, 0.3) is 0 Å². The van der Waals surface area contributed by atoms with Gasteiger partial charge in [-0.25, -0.2) is 0 Å². The van der Waals surface area contributed by atoms with Crippen molar-refractivity contribution in [3.8, 4) is 0 Å². The zero-order valence-electron chi connectivity index (χ0n) is 18.1. The van der Waals surface area contributed by atoms with E-state index in [9.17, 15) is 4.79 Å². The van der Waals surface area contributed by atoms with Crippen molar-refractivity contribution in [2.24, 2.45) is 0 Å². The highest BCUT2D eigenvalue weighted by Gasteiger charge is 2.39. The monoisotopic (exact) mass is 394 g/mol. The molecule has 1 fully saturated rings. The maximum atomic E-state index is 13.7. The normalized spacial score (nSPS) is 17.4. The lowest BCUT2D eigenvalue weighted by atomic mass is 9.80. The van der Waals surface area contributed by atoms with Gasteiger partial charge in [0.15, 0.2) is 5.78 Å². The Morgan fingerprint density at radius 3 is 2.38 bits per heavy atom. The summed E-state index contributed by atoms with van der Waals surface area (Å²) in [5.41, 5.74) is 2.59. The van der Waals surface area contributed by atoms with E-state index in [1.807, 2.05) is 44.4 Å². The Bertz CT molecular complexity index is 765. The largest absolute Gasteiger partial charge is 0.380 e. The number of carbonyl (C=O) groups is 1. The molecule has 1 unspecified atom stereocenters. The molecule has 0 bridgehead atoms. The van der Waals surface area contributed by atoms with E-state index in [-0.39, 0.29) is 5.78 Å². The van der Waals surface area contributed by atoms with Crippen LogP contribution >= 0.6 is 0 Å². The van der Waals surface area contributed by atoms with Gasteiger partial charge in [0.25, 0.3) is 0 Å². The van der Waals surface area contributed by atoms with Crippen LogP contribution in [0.2, 0.25) is 0 Å². The van der Waals surface area contributed by atoms with Crippen molar-refractivity contribution in [2.45, 2.75) is 38.1 Å². The smallest absolute Gasteiger partial charge is 0.183 e. The number of Topliss-reactive ketones (excluding diaryl/α,β-unsaturated/α-hetero) is 1. The van der Waals surface area contributed by atoms with Gasteiger partial charge in [-0.05, 0) is 69.6 Å². The Kier molecular flexibility index (Phi) is 7.45. The van der Waals surface area contributed by atoms with Crippen LogP contribution in [0.3, 0.4) is 0 Å². The van der Waals surface area contributed by atoms with Crippen molar-refractivity contribution in [1.82, 2.24) is 4.90 Å². The molecule has 0 amide bonds. The SMILES string of the molecule is CCC(Cc1ccccc1)(C(=O)c1ccc(N2CCCCOCC2)cc1)N(C)C. The fourth-order valence-electron chi connectivity index (χ4n) is 4.22. The quantitative estimate of drug-likeness (QED) is 0.650. The van der Waals surface area contributed by atoms with Crippen molar-refractivity contribution in [1.29, 1.82) is 0 Å². The highest BCUT2D eigenvalue weighted by molar-refractivity contribution is 6.03. The van der Waals surface area contributed by atoms with Gasteiger partial charge in [-0.2, -0.15) is 0 Å². The van der Waals surface area contributed by atoms with Crippen molar-refractivity contribution in [2.75, 3.05) is 45.3 Å². The molecule has 2 aromatic rings. The topological polar surface area (TPSA) is 32.8 Å². The van der Waals surface area contributed by atoms with E-state index in [4.69, 9.17) is 4.74 Å². The lowest BCUT2D eigenvalue weighted by Gasteiger charge is -2.38. The second-order valence-corrected chi connectivity index (χ2v) is 8.12. The second-order valence-electron chi connectivity index (χ2n) is 8.12. The summed E-state index contributed by atoms with van der Waals surface area (Å²) < 4.78 is 5.63. The van der Waals surface area contributed by atoms with E-state index in [0.29, 0.717) is 6.42 Å². The molecule has 1 heterocycles. The van der Waals surface area contributed by atoms with Crippen molar-refractivity contribution < 1.29 is 9.53 Å². The van der Waals surface area contributed by atoms with Gasteiger partial charge >= 0.3 is 0 Å². The number of nitrogens with zero attached hydrogens (tertiary/aromatic N) is 2. The van der Waals surface area contributed by atoms with Crippen LogP contribution in [0.15, 0.2) is 54.6 Å². The van der Waals surface area contributed by atoms with Crippen LogP contribution in [-0.4, -0.2) is 56.6 Å². The first-order valence-corrected chi connectivity index (χ1v) is 10.8. The van der Waals surface area contributed by atoms with Crippen LogP contribution < -0.4 is 4.90 Å². The zero-order valence-corrected chi connectivity index (χ0v) is 18.1. The van der Waals surface area contributed by atoms with E-state index in [1.165, 1.54) is 11.3 Å². The molecule has 1 aliphatic heterocycles. The predicted molar refractivity (Wildman–Crippen MR) is 120 cm³/mol. The highest BCUT2D eigenvalue weighted by Crippen LogP contribution is 2.29. The molecule has 4 heteroatoms. The third-order valence-electron chi connectivity index (χ3n) is 6.17. The number of anilines is 1. The Hall–Kier alpha value is -2.17. The maximum absolute atomic E-state index is 13.7. The maximum Gasteiger partial charge on any atom is 0.183 e. The zero-order chi connectivity index (χ0) is 20.7.